The molecule has 2 heterocycles. The van der Waals surface area contributed by atoms with Crippen molar-refractivity contribution in [3.8, 4) is 22.5 Å². The first-order chi connectivity index (χ1) is 10.8. The fourth-order valence-electron chi connectivity index (χ4n) is 2.46. The van der Waals surface area contributed by atoms with Gasteiger partial charge in [0, 0.05) is 22.7 Å². The summed E-state index contributed by atoms with van der Waals surface area (Å²) in [5.74, 6) is 0.242. The van der Waals surface area contributed by atoms with E-state index in [0.717, 1.165) is 27.6 Å². The minimum Gasteiger partial charge on any atom is -0.256 e. The molecule has 2 aromatic carbocycles. The van der Waals surface area contributed by atoms with E-state index in [4.69, 9.17) is 0 Å². The molecular formula is C16H10FN5. The van der Waals surface area contributed by atoms with Crippen molar-refractivity contribution in [2.75, 3.05) is 0 Å². The Morgan fingerprint density at radius 1 is 0.955 bits per heavy atom. The van der Waals surface area contributed by atoms with Crippen LogP contribution in [-0.2, 0) is 0 Å². The van der Waals surface area contributed by atoms with Gasteiger partial charge in [-0.2, -0.15) is 5.21 Å². The van der Waals surface area contributed by atoms with E-state index in [0.29, 0.717) is 5.82 Å². The topological polar surface area (TPSA) is 67.3 Å². The number of hydrogen-bond donors (Lipinski definition) is 1. The van der Waals surface area contributed by atoms with Gasteiger partial charge in [0.25, 0.3) is 0 Å². The fourth-order valence-corrected chi connectivity index (χ4v) is 2.46. The number of fused-ring (bicyclic) bond motifs is 1. The van der Waals surface area contributed by atoms with Crippen molar-refractivity contribution >= 4 is 10.9 Å². The van der Waals surface area contributed by atoms with E-state index in [2.05, 4.69) is 25.6 Å². The van der Waals surface area contributed by atoms with Crippen LogP contribution in [0.15, 0.2) is 54.7 Å². The predicted molar refractivity (Wildman–Crippen MR) is 80.3 cm³/mol. The van der Waals surface area contributed by atoms with Crippen LogP contribution in [-0.4, -0.2) is 25.6 Å². The van der Waals surface area contributed by atoms with Gasteiger partial charge in [0.2, 0.25) is 5.82 Å². The zero-order chi connectivity index (χ0) is 14.9. The number of aromatic nitrogens is 5. The highest BCUT2D eigenvalue weighted by molar-refractivity contribution is 5.93. The first-order valence-corrected chi connectivity index (χ1v) is 6.70. The summed E-state index contributed by atoms with van der Waals surface area (Å²) in [6.45, 7) is 0. The van der Waals surface area contributed by atoms with E-state index < -0.39 is 0 Å². The smallest absolute Gasteiger partial charge is 0.204 e. The Morgan fingerprint density at radius 3 is 2.55 bits per heavy atom. The zero-order valence-corrected chi connectivity index (χ0v) is 11.4. The van der Waals surface area contributed by atoms with Gasteiger partial charge in [-0.3, -0.25) is 4.98 Å². The van der Waals surface area contributed by atoms with Crippen LogP contribution in [0.25, 0.3) is 33.4 Å². The molecule has 0 atom stereocenters. The number of pyridine rings is 1. The molecule has 2 aromatic heterocycles. The Bertz CT molecular complexity index is 933. The highest BCUT2D eigenvalue weighted by Gasteiger charge is 2.09. The number of nitrogens with zero attached hydrogens (tertiary/aromatic N) is 4. The van der Waals surface area contributed by atoms with Crippen molar-refractivity contribution in [2.45, 2.75) is 0 Å². The van der Waals surface area contributed by atoms with E-state index in [9.17, 15) is 4.39 Å². The third kappa shape index (κ3) is 2.10. The first-order valence-electron chi connectivity index (χ1n) is 6.70. The second-order valence-electron chi connectivity index (χ2n) is 4.84. The Morgan fingerprint density at radius 2 is 1.77 bits per heavy atom. The first kappa shape index (κ1) is 12.6. The van der Waals surface area contributed by atoms with Crippen molar-refractivity contribution in [1.29, 1.82) is 0 Å². The number of hydrogen-bond acceptors (Lipinski definition) is 4. The summed E-state index contributed by atoms with van der Waals surface area (Å²) in [5.41, 5.74) is 3.26. The van der Waals surface area contributed by atoms with Crippen LogP contribution < -0.4 is 0 Å². The molecule has 0 radical (unpaired) electrons. The molecule has 1 N–H and O–H groups in total. The van der Waals surface area contributed by atoms with E-state index in [1.165, 1.54) is 12.1 Å². The van der Waals surface area contributed by atoms with Crippen LogP contribution in [0.1, 0.15) is 0 Å². The molecule has 0 fully saturated rings. The Balaban J connectivity index is 1.85. The van der Waals surface area contributed by atoms with Crippen LogP contribution in [0.4, 0.5) is 4.39 Å². The number of rotatable bonds is 2. The molecule has 5 nitrogen and oxygen atoms in total. The molecule has 0 spiro atoms. The third-order valence-electron chi connectivity index (χ3n) is 3.47. The normalized spacial score (nSPS) is 11.0. The molecule has 6 heteroatoms. The molecule has 22 heavy (non-hydrogen) atoms. The molecule has 0 aliphatic rings. The van der Waals surface area contributed by atoms with Gasteiger partial charge in [0.15, 0.2) is 0 Å². The summed E-state index contributed by atoms with van der Waals surface area (Å²) in [6, 6.07) is 14.2. The van der Waals surface area contributed by atoms with E-state index >= 15 is 0 Å². The quantitative estimate of drug-likeness (QED) is 0.615. The zero-order valence-electron chi connectivity index (χ0n) is 11.4. The van der Waals surface area contributed by atoms with E-state index in [1.54, 1.807) is 12.3 Å². The maximum atomic E-state index is 13.8. The average Bonchev–Trinajstić information content (AvgIpc) is 3.09. The van der Waals surface area contributed by atoms with Gasteiger partial charge >= 0.3 is 0 Å². The van der Waals surface area contributed by atoms with Crippen LogP contribution in [0.2, 0.25) is 0 Å². The summed E-state index contributed by atoms with van der Waals surface area (Å²) < 4.78 is 13.8. The van der Waals surface area contributed by atoms with Crippen molar-refractivity contribution in [1.82, 2.24) is 25.6 Å². The van der Waals surface area contributed by atoms with Gasteiger partial charge in [0.1, 0.15) is 5.82 Å². The second kappa shape index (κ2) is 5.00. The van der Waals surface area contributed by atoms with Crippen molar-refractivity contribution in [3.63, 3.8) is 0 Å². The van der Waals surface area contributed by atoms with Crippen LogP contribution in [0, 0.1) is 5.82 Å². The Kier molecular flexibility index (Phi) is 2.86. The minimum absolute atomic E-state index is 0.280. The molecule has 0 aliphatic heterocycles. The van der Waals surface area contributed by atoms with Gasteiger partial charge in [-0.1, -0.05) is 30.3 Å². The predicted octanol–water partition coefficient (Wildman–Crippen LogP) is 3.22. The molecule has 0 aliphatic carbocycles. The Labute approximate surface area is 124 Å². The van der Waals surface area contributed by atoms with Gasteiger partial charge in [-0.05, 0) is 29.0 Å². The van der Waals surface area contributed by atoms with E-state index in [1.807, 2.05) is 30.3 Å². The number of benzene rings is 2. The fraction of sp³-hybridized carbons (Fsp3) is 0. The summed E-state index contributed by atoms with van der Waals surface area (Å²) >= 11 is 0. The average molecular weight is 291 g/mol. The monoisotopic (exact) mass is 291 g/mol. The molecule has 0 bridgehead atoms. The Hall–Kier alpha value is -3.15. The molecule has 4 aromatic rings. The van der Waals surface area contributed by atoms with Crippen molar-refractivity contribution < 1.29 is 4.39 Å². The van der Waals surface area contributed by atoms with Gasteiger partial charge < -0.3 is 0 Å². The maximum Gasteiger partial charge on any atom is 0.204 e. The summed E-state index contributed by atoms with van der Waals surface area (Å²) in [4.78, 5) is 4.36. The molecule has 0 saturated heterocycles. The number of aromatic amines is 1. The number of tetrazole rings is 1. The molecule has 106 valence electrons. The molecule has 0 amide bonds. The summed E-state index contributed by atoms with van der Waals surface area (Å²) in [5, 5.41) is 14.6. The van der Waals surface area contributed by atoms with Crippen LogP contribution >= 0.6 is 0 Å². The van der Waals surface area contributed by atoms with Crippen LogP contribution in [0.3, 0.4) is 0 Å². The van der Waals surface area contributed by atoms with Crippen LogP contribution in [0.5, 0.6) is 0 Å². The van der Waals surface area contributed by atoms with E-state index in [-0.39, 0.29) is 5.82 Å². The minimum atomic E-state index is -0.280. The van der Waals surface area contributed by atoms with Gasteiger partial charge in [-0.25, -0.2) is 4.39 Å². The maximum absolute atomic E-state index is 13.8. The van der Waals surface area contributed by atoms with Gasteiger partial charge in [0.05, 0.1) is 5.52 Å². The second-order valence-corrected chi connectivity index (χ2v) is 4.84. The lowest BCUT2D eigenvalue weighted by molar-refractivity contribution is 0.630. The van der Waals surface area contributed by atoms with Gasteiger partial charge in [-0.15, -0.1) is 10.2 Å². The number of halogens is 1. The summed E-state index contributed by atoms with van der Waals surface area (Å²) in [6.07, 6.45) is 1.71. The lowest BCUT2D eigenvalue weighted by Crippen LogP contribution is -1.88. The van der Waals surface area contributed by atoms with Crippen molar-refractivity contribution in [2.24, 2.45) is 0 Å². The highest BCUT2D eigenvalue weighted by atomic mass is 19.1. The highest BCUT2D eigenvalue weighted by Crippen LogP contribution is 2.29. The SMILES string of the molecule is Fc1cc(-c2ccc(-c3nn[nH]n3)cc2)c2ncccc2c1. The molecule has 4 rings (SSSR count). The molecule has 0 unspecified atom stereocenters. The lowest BCUT2D eigenvalue weighted by atomic mass is 10.0. The largest absolute Gasteiger partial charge is 0.256 e. The third-order valence-corrected chi connectivity index (χ3v) is 3.47. The number of H-pyrrole nitrogens is 1. The van der Waals surface area contributed by atoms with Crippen molar-refractivity contribution in [3.05, 3.63) is 60.5 Å². The standard InChI is InChI=1S/C16H10FN5/c17-13-8-12-2-1-7-18-15(12)14(9-13)10-3-5-11(6-4-10)16-19-21-22-20-16/h1-9H,(H,19,20,21,22). The lowest BCUT2D eigenvalue weighted by Gasteiger charge is -2.07. The molecule has 0 saturated carbocycles. The number of nitrogens with one attached hydrogen (secondary N) is 1. The summed E-state index contributed by atoms with van der Waals surface area (Å²) in [7, 11) is 0. The molecular weight excluding hydrogens is 281 g/mol.